The van der Waals surface area contributed by atoms with Crippen LogP contribution >= 0.6 is 23.7 Å². The molecule has 1 fully saturated rings. The molecule has 1 aliphatic carbocycles. The second-order valence-electron chi connectivity index (χ2n) is 4.13. The van der Waals surface area contributed by atoms with Crippen LogP contribution in [0.5, 0.6) is 0 Å². The highest BCUT2D eigenvalue weighted by Gasteiger charge is 2.43. The summed E-state index contributed by atoms with van der Waals surface area (Å²) in [5.41, 5.74) is 5.16. The first kappa shape index (κ1) is 14.4. The Morgan fingerprint density at radius 3 is 2.88 bits per heavy atom. The van der Waals surface area contributed by atoms with Gasteiger partial charge in [0.05, 0.1) is 12.1 Å². The molecule has 0 aromatic carbocycles. The van der Waals surface area contributed by atoms with Crippen molar-refractivity contribution >= 4 is 29.7 Å². The van der Waals surface area contributed by atoms with E-state index >= 15 is 0 Å². The van der Waals surface area contributed by atoms with Gasteiger partial charge in [-0.05, 0) is 19.3 Å². The first-order chi connectivity index (χ1) is 7.62. The molecule has 0 saturated heterocycles. The van der Waals surface area contributed by atoms with Crippen LogP contribution < -0.4 is 11.1 Å². The number of halogens is 1. The number of hydrogen-bond donors (Lipinski definition) is 3. The lowest BCUT2D eigenvalue weighted by molar-refractivity contribution is -0.135. The Kier molecular flexibility index (Phi) is 4.88. The molecule has 1 heterocycles. The fraction of sp³-hybridized carbons (Fsp3) is 0.600. The molecule has 1 aliphatic rings. The monoisotopic (exact) mass is 277 g/mol. The Balaban J connectivity index is 0.00000144. The average Bonchev–Trinajstić information content (AvgIpc) is 2.74. The van der Waals surface area contributed by atoms with Crippen LogP contribution in [0.25, 0.3) is 0 Å². The third-order valence-corrected chi connectivity index (χ3v) is 3.75. The summed E-state index contributed by atoms with van der Waals surface area (Å²) in [7, 11) is 0. The minimum absolute atomic E-state index is 0. The summed E-state index contributed by atoms with van der Waals surface area (Å²) in [6.45, 7) is 0.351. The molecule has 0 bridgehead atoms. The molecule has 0 aliphatic heterocycles. The number of rotatable bonds is 4. The number of aliphatic hydroxyl groups excluding tert-OH is 1. The number of aliphatic hydroxyl groups is 1. The van der Waals surface area contributed by atoms with Gasteiger partial charge in [0.2, 0.25) is 0 Å². The second-order valence-corrected chi connectivity index (χ2v) is 5.11. The zero-order chi connectivity index (χ0) is 11.6. The number of carbonyl (C=O) groups excluding carboxylic acids is 1. The summed E-state index contributed by atoms with van der Waals surface area (Å²) >= 11 is 1.47. The maximum absolute atomic E-state index is 11.6. The highest BCUT2D eigenvalue weighted by molar-refractivity contribution is 7.09. The SMILES string of the molecule is Cl.NC1(C(O)C(=O)NCc2nccs2)CCC1. The number of thiazole rings is 1. The molecule has 2 rings (SSSR count). The molecular weight excluding hydrogens is 262 g/mol. The Morgan fingerprint density at radius 1 is 1.71 bits per heavy atom. The van der Waals surface area contributed by atoms with E-state index in [4.69, 9.17) is 5.73 Å². The number of carbonyl (C=O) groups is 1. The molecule has 0 spiro atoms. The van der Waals surface area contributed by atoms with Crippen LogP contribution in [-0.2, 0) is 11.3 Å². The Labute approximate surface area is 110 Å². The van der Waals surface area contributed by atoms with Crippen LogP contribution in [0.2, 0.25) is 0 Å². The summed E-state index contributed by atoms with van der Waals surface area (Å²) in [5.74, 6) is -0.405. The molecule has 4 N–H and O–H groups in total. The van der Waals surface area contributed by atoms with E-state index in [1.165, 1.54) is 11.3 Å². The minimum Gasteiger partial charge on any atom is -0.381 e. The fourth-order valence-corrected chi connectivity index (χ4v) is 2.28. The van der Waals surface area contributed by atoms with E-state index < -0.39 is 17.6 Å². The van der Waals surface area contributed by atoms with Crippen LogP contribution in [0.3, 0.4) is 0 Å². The zero-order valence-corrected chi connectivity index (χ0v) is 10.9. The van der Waals surface area contributed by atoms with E-state index in [1.54, 1.807) is 6.20 Å². The zero-order valence-electron chi connectivity index (χ0n) is 9.26. The molecule has 1 aromatic rings. The van der Waals surface area contributed by atoms with E-state index in [0.29, 0.717) is 19.4 Å². The van der Waals surface area contributed by atoms with Gasteiger partial charge in [-0.15, -0.1) is 23.7 Å². The van der Waals surface area contributed by atoms with E-state index in [2.05, 4.69) is 10.3 Å². The number of hydrogen-bond acceptors (Lipinski definition) is 5. The molecule has 7 heteroatoms. The third-order valence-electron chi connectivity index (χ3n) is 2.97. The number of nitrogens with two attached hydrogens (primary N) is 1. The van der Waals surface area contributed by atoms with Crippen molar-refractivity contribution < 1.29 is 9.90 Å². The number of amides is 1. The third kappa shape index (κ3) is 3.16. The van der Waals surface area contributed by atoms with E-state index in [0.717, 1.165) is 11.4 Å². The quantitative estimate of drug-likeness (QED) is 0.744. The first-order valence-electron chi connectivity index (χ1n) is 5.25. The Morgan fingerprint density at radius 2 is 2.41 bits per heavy atom. The Bertz CT molecular complexity index is 368. The predicted octanol–water partition coefficient (Wildman–Crippen LogP) is 0.423. The van der Waals surface area contributed by atoms with Gasteiger partial charge in [0.1, 0.15) is 5.01 Å². The summed E-state index contributed by atoms with van der Waals surface area (Å²) in [4.78, 5) is 15.6. The molecule has 5 nitrogen and oxygen atoms in total. The Hall–Kier alpha value is -0.690. The molecule has 96 valence electrons. The number of nitrogens with one attached hydrogen (secondary N) is 1. The van der Waals surface area contributed by atoms with Crippen molar-refractivity contribution in [3.8, 4) is 0 Å². The van der Waals surface area contributed by atoms with Gasteiger partial charge in [-0.1, -0.05) is 0 Å². The maximum Gasteiger partial charge on any atom is 0.251 e. The van der Waals surface area contributed by atoms with Crippen LogP contribution in [0, 0.1) is 0 Å². The van der Waals surface area contributed by atoms with Crippen LogP contribution in [0.1, 0.15) is 24.3 Å². The van der Waals surface area contributed by atoms with Gasteiger partial charge in [0.15, 0.2) is 6.10 Å². The van der Waals surface area contributed by atoms with Crippen molar-refractivity contribution in [3.05, 3.63) is 16.6 Å². The molecule has 17 heavy (non-hydrogen) atoms. The van der Waals surface area contributed by atoms with Crippen molar-refractivity contribution in [3.63, 3.8) is 0 Å². The maximum atomic E-state index is 11.6. The van der Waals surface area contributed by atoms with Gasteiger partial charge in [-0.3, -0.25) is 4.79 Å². The van der Waals surface area contributed by atoms with Gasteiger partial charge < -0.3 is 16.2 Å². The van der Waals surface area contributed by atoms with Crippen LogP contribution in [-0.4, -0.2) is 27.6 Å². The van der Waals surface area contributed by atoms with Crippen molar-refractivity contribution in [1.82, 2.24) is 10.3 Å². The molecule has 0 radical (unpaired) electrons. The smallest absolute Gasteiger partial charge is 0.251 e. The van der Waals surface area contributed by atoms with Gasteiger partial charge in [0, 0.05) is 11.6 Å². The average molecular weight is 278 g/mol. The molecular formula is C10H16ClN3O2S. The van der Waals surface area contributed by atoms with Gasteiger partial charge >= 0.3 is 0 Å². The van der Waals surface area contributed by atoms with Crippen molar-refractivity contribution in [1.29, 1.82) is 0 Å². The second kappa shape index (κ2) is 5.77. The van der Waals surface area contributed by atoms with Crippen molar-refractivity contribution in [2.24, 2.45) is 5.73 Å². The number of nitrogens with zero attached hydrogens (tertiary/aromatic N) is 1. The summed E-state index contributed by atoms with van der Waals surface area (Å²) in [6, 6.07) is 0. The van der Waals surface area contributed by atoms with Gasteiger partial charge in [-0.2, -0.15) is 0 Å². The largest absolute Gasteiger partial charge is 0.381 e. The molecule has 1 aromatic heterocycles. The summed E-state index contributed by atoms with van der Waals surface area (Å²) in [6.07, 6.45) is 2.96. The molecule has 1 amide bonds. The van der Waals surface area contributed by atoms with Gasteiger partial charge in [-0.25, -0.2) is 4.98 Å². The van der Waals surface area contributed by atoms with Crippen LogP contribution in [0.4, 0.5) is 0 Å². The minimum atomic E-state index is -1.11. The number of aromatic nitrogens is 1. The normalized spacial score (nSPS) is 18.7. The first-order valence-corrected chi connectivity index (χ1v) is 6.13. The highest BCUT2D eigenvalue weighted by Crippen LogP contribution is 2.32. The predicted molar refractivity (Wildman–Crippen MR) is 68.0 cm³/mol. The van der Waals surface area contributed by atoms with E-state index in [1.807, 2.05) is 5.38 Å². The van der Waals surface area contributed by atoms with Crippen molar-refractivity contribution in [2.75, 3.05) is 0 Å². The molecule has 1 unspecified atom stereocenters. The fourth-order valence-electron chi connectivity index (χ4n) is 1.72. The lowest BCUT2D eigenvalue weighted by atomic mass is 9.73. The van der Waals surface area contributed by atoms with Gasteiger partial charge in [0.25, 0.3) is 5.91 Å². The van der Waals surface area contributed by atoms with E-state index in [9.17, 15) is 9.90 Å². The standard InChI is InChI=1S/C10H15N3O2S.ClH/c11-10(2-1-3-10)8(14)9(15)13-6-7-12-4-5-16-7;/h4-5,8,14H,1-3,6,11H2,(H,13,15);1H. The van der Waals surface area contributed by atoms with Crippen molar-refractivity contribution in [2.45, 2.75) is 37.5 Å². The topological polar surface area (TPSA) is 88.2 Å². The van der Waals surface area contributed by atoms with Crippen LogP contribution in [0.15, 0.2) is 11.6 Å². The lowest BCUT2D eigenvalue weighted by Crippen LogP contribution is -2.61. The summed E-state index contributed by atoms with van der Waals surface area (Å²) in [5, 5.41) is 15.1. The molecule has 1 saturated carbocycles. The van der Waals surface area contributed by atoms with E-state index in [-0.39, 0.29) is 12.4 Å². The molecule has 1 atom stereocenters. The lowest BCUT2D eigenvalue weighted by Gasteiger charge is -2.41. The highest BCUT2D eigenvalue weighted by atomic mass is 35.5. The summed E-state index contributed by atoms with van der Waals surface area (Å²) < 4.78 is 0.